The van der Waals surface area contributed by atoms with Gasteiger partial charge in [0.25, 0.3) is 0 Å². The van der Waals surface area contributed by atoms with Gasteiger partial charge in [-0.1, -0.05) is 6.92 Å². The van der Waals surface area contributed by atoms with Crippen molar-refractivity contribution in [1.82, 2.24) is 0 Å². The molecule has 2 N–H and O–H groups in total. The summed E-state index contributed by atoms with van der Waals surface area (Å²) in [5.41, 5.74) is 1.11. The molecule has 1 aliphatic carbocycles. The summed E-state index contributed by atoms with van der Waals surface area (Å²) in [6.45, 7) is 2.02. The van der Waals surface area contributed by atoms with Crippen LogP contribution in [0.4, 0.5) is 5.69 Å². The average Bonchev–Trinajstić information content (AvgIpc) is 2.47. The van der Waals surface area contributed by atoms with Crippen molar-refractivity contribution in [3.8, 4) is 0 Å². The van der Waals surface area contributed by atoms with Crippen LogP contribution in [0.2, 0.25) is 0 Å². The number of nitrogens with one attached hydrogen (secondary N) is 1. The monoisotopic (exact) mass is 289 g/mol. The van der Waals surface area contributed by atoms with Crippen LogP contribution in [0.25, 0.3) is 0 Å². The second kappa shape index (κ2) is 6.52. The summed E-state index contributed by atoms with van der Waals surface area (Å²) in [5.74, 6) is -1.94. The number of aldehydes is 1. The molecule has 0 heterocycles. The molecule has 0 spiro atoms. The lowest BCUT2D eigenvalue weighted by Gasteiger charge is -2.31. The first-order valence-electron chi connectivity index (χ1n) is 7.10. The highest BCUT2D eigenvalue weighted by molar-refractivity contribution is 5.95. The van der Waals surface area contributed by atoms with Crippen molar-refractivity contribution < 1.29 is 19.5 Å². The smallest absolute Gasteiger partial charge is 0.307 e. The number of amides is 1. The van der Waals surface area contributed by atoms with E-state index >= 15 is 0 Å². The average molecular weight is 289 g/mol. The van der Waals surface area contributed by atoms with Gasteiger partial charge in [0.15, 0.2) is 0 Å². The van der Waals surface area contributed by atoms with E-state index in [1.807, 2.05) is 6.92 Å². The summed E-state index contributed by atoms with van der Waals surface area (Å²) in [6.07, 6.45) is 2.73. The molecule has 112 valence electrons. The molecule has 1 aromatic carbocycles. The van der Waals surface area contributed by atoms with Gasteiger partial charge < -0.3 is 10.4 Å². The van der Waals surface area contributed by atoms with Crippen LogP contribution >= 0.6 is 0 Å². The SMILES string of the molecule is CC1CCC(C(=O)Nc2ccc(C=O)cc2)C(C(=O)O)C1. The lowest BCUT2D eigenvalue weighted by atomic mass is 9.74. The van der Waals surface area contributed by atoms with Gasteiger partial charge in [0.1, 0.15) is 6.29 Å². The zero-order chi connectivity index (χ0) is 15.4. The Kier molecular flexibility index (Phi) is 4.73. The third-order valence-electron chi connectivity index (χ3n) is 4.08. The number of carbonyl (C=O) groups excluding carboxylic acids is 2. The van der Waals surface area contributed by atoms with Gasteiger partial charge in [-0.25, -0.2) is 0 Å². The minimum absolute atomic E-state index is 0.256. The predicted molar refractivity (Wildman–Crippen MR) is 78.1 cm³/mol. The van der Waals surface area contributed by atoms with Crippen LogP contribution in [0.15, 0.2) is 24.3 Å². The minimum Gasteiger partial charge on any atom is -0.481 e. The molecule has 21 heavy (non-hydrogen) atoms. The summed E-state index contributed by atoms with van der Waals surface area (Å²) in [4.78, 5) is 34.2. The van der Waals surface area contributed by atoms with E-state index in [0.717, 1.165) is 12.7 Å². The van der Waals surface area contributed by atoms with Gasteiger partial charge >= 0.3 is 5.97 Å². The Morgan fingerprint density at radius 1 is 1.19 bits per heavy atom. The first kappa shape index (κ1) is 15.2. The standard InChI is InChI=1S/C16H19NO4/c1-10-2-7-13(14(8-10)16(20)21)15(19)17-12-5-3-11(9-18)4-6-12/h3-6,9-10,13-14H,2,7-8H2,1H3,(H,17,19)(H,20,21). The molecule has 1 aromatic rings. The van der Waals surface area contributed by atoms with Gasteiger partial charge in [-0.15, -0.1) is 0 Å². The third kappa shape index (κ3) is 3.68. The molecule has 1 amide bonds. The number of carbonyl (C=O) groups is 3. The van der Waals surface area contributed by atoms with Crippen LogP contribution in [-0.4, -0.2) is 23.3 Å². The van der Waals surface area contributed by atoms with Crippen LogP contribution in [0.5, 0.6) is 0 Å². The maximum absolute atomic E-state index is 12.3. The van der Waals surface area contributed by atoms with E-state index in [4.69, 9.17) is 0 Å². The second-order valence-corrected chi connectivity index (χ2v) is 5.70. The molecule has 0 aromatic heterocycles. The minimum atomic E-state index is -0.905. The molecule has 5 nitrogen and oxygen atoms in total. The molecule has 3 atom stereocenters. The van der Waals surface area contributed by atoms with Crippen LogP contribution in [0.1, 0.15) is 36.5 Å². The highest BCUT2D eigenvalue weighted by Gasteiger charge is 2.38. The fraction of sp³-hybridized carbons (Fsp3) is 0.438. The molecule has 1 aliphatic rings. The van der Waals surface area contributed by atoms with Crippen molar-refractivity contribution in [3.05, 3.63) is 29.8 Å². The Morgan fingerprint density at radius 3 is 2.43 bits per heavy atom. The van der Waals surface area contributed by atoms with Crippen LogP contribution in [-0.2, 0) is 9.59 Å². The van der Waals surface area contributed by atoms with Crippen molar-refractivity contribution >= 4 is 23.9 Å². The number of carboxylic acid groups (broad SMARTS) is 1. The van der Waals surface area contributed by atoms with Gasteiger partial charge in [0, 0.05) is 11.3 Å². The molecule has 1 fully saturated rings. The lowest BCUT2D eigenvalue weighted by molar-refractivity contribution is -0.148. The Morgan fingerprint density at radius 2 is 1.86 bits per heavy atom. The van der Waals surface area contributed by atoms with Gasteiger partial charge in [-0.2, -0.15) is 0 Å². The van der Waals surface area contributed by atoms with Crippen molar-refractivity contribution in [2.45, 2.75) is 26.2 Å². The molecule has 0 radical (unpaired) electrons. The summed E-state index contributed by atoms with van der Waals surface area (Å²) < 4.78 is 0. The quantitative estimate of drug-likeness (QED) is 0.834. The number of benzene rings is 1. The number of rotatable bonds is 4. The number of aliphatic carboxylic acids is 1. The van der Waals surface area contributed by atoms with E-state index in [2.05, 4.69) is 5.32 Å². The largest absolute Gasteiger partial charge is 0.481 e. The molecular weight excluding hydrogens is 270 g/mol. The highest BCUT2D eigenvalue weighted by Crippen LogP contribution is 2.34. The molecular formula is C16H19NO4. The molecule has 0 saturated heterocycles. The van der Waals surface area contributed by atoms with Crippen molar-refractivity contribution in [1.29, 1.82) is 0 Å². The Balaban J connectivity index is 2.06. The van der Waals surface area contributed by atoms with Gasteiger partial charge in [0.2, 0.25) is 5.91 Å². The lowest BCUT2D eigenvalue weighted by Crippen LogP contribution is -2.38. The molecule has 5 heteroatoms. The van der Waals surface area contributed by atoms with Crippen molar-refractivity contribution in [2.24, 2.45) is 17.8 Å². The summed E-state index contributed by atoms with van der Waals surface area (Å²) in [7, 11) is 0. The second-order valence-electron chi connectivity index (χ2n) is 5.70. The Bertz CT molecular complexity index is 538. The zero-order valence-electron chi connectivity index (χ0n) is 11.9. The first-order valence-corrected chi connectivity index (χ1v) is 7.10. The molecule has 0 bridgehead atoms. The fourth-order valence-electron chi connectivity index (χ4n) is 2.85. The van der Waals surface area contributed by atoms with Crippen LogP contribution in [0.3, 0.4) is 0 Å². The highest BCUT2D eigenvalue weighted by atomic mass is 16.4. The third-order valence-corrected chi connectivity index (χ3v) is 4.08. The zero-order valence-corrected chi connectivity index (χ0v) is 11.9. The van der Waals surface area contributed by atoms with Crippen LogP contribution in [0, 0.1) is 17.8 Å². The van der Waals surface area contributed by atoms with Crippen LogP contribution < -0.4 is 5.32 Å². The molecule has 0 aliphatic heterocycles. The summed E-state index contributed by atoms with van der Waals surface area (Å²) in [5, 5.41) is 12.0. The van der Waals surface area contributed by atoms with Gasteiger partial charge in [-0.3, -0.25) is 14.4 Å². The fourth-order valence-corrected chi connectivity index (χ4v) is 2.85. The topological polar surface area (TPSA) is 83.5 Å². The van der Waals surface area contributed by atoms with E-state index in [-0.39, 0.29) is 5.91 Å². The first-order chi connectivity index (χ1) is 10.0. The van der Waals surface area contributed by atoms with E-state index in [1.54, 1.807) is 24.3 Å². The van der Waals surface area contributed by atoms with E-state index in [9.17, 15) is 19.5 Å². The normalized spacial score (nSPS) is 25.1. The number of carboxylic acids is 1. The Hall–Kier alpha value is -2.17. The summed E-state index contributed by atoms with van der Waals surface area (Å²) in [6, 6.07) is 6.51. The van der Waals surface area contributed by atoms with Gasteiger partial charge in [-0.05, 0) is 49.4 Å². The maximum Gasteiger partial charge on any atom is 0.307 e. The predicted octanol–water partition coefficient (Wildman–Crippen LogP) is 2.57. The molecule has 2 rings (SSSR count). The van der Waals surface area contributed by atoms with Crippen molar-refractivity contribution in [3.63, 3.8) is 0 Å². The van der Waals surface area contributed by atoms with E-state index in [1.165, 1.54) is 0 Å². The van der Waals surface area contributed by atoms with Gasteiger partial charge in [0.05, 0.1) is 11.8 Å². The maximum atomic E-state index is 12.3. The number of hydrogen-bond acceptors (Lipinski definition) is 3. The number of hydrogen-bond donors (Lipinski definition) is 2. The molecule has 1 saturated carbocycles. The van der Waals surface area contributed by atoms with E-state index in [0.29, 0.717) is 30.0 Å². The number of anilines is 1. The van der Waals surface area contributed by atoms with Crippen molar-refractivity contribution in [2.75, 3.05) is 5.32 Å². The molecule has 3 unspecified atom stereocenters. The van der Waals surface area contributed by atoms with E-state index < -0.39 is 17.8 Å². The summed E-state index contributed by atoms with van der Waals surface area (Å²) >= 11 is 0. The Labute approximate surface area is 123 Å².